The molecule has 1 aromatic rings. The van der Waals surface area contributed by atoms with E-state index in [1.807, 2.05) is 0 Å². The number of methoxy groups -OCH3 is 1. The molecule has 110 valence electrons. The van der Waals surface area contributed by atoms with E-state index < -0.39 is 0 Å². The van der Waals surface area contributed by atoms with Crippen molar-refractivity contribution in [3.05, 3.63) is 29.8 Å². The molecule has 3 rings (SSSR count). The summed E-state index contributed by atoms with van der Waals surface area (Å²) in [5, 5.41) is 3.81. The maximum atomic E-state index is 5.25. The molecule has 0 aromatic heterocycles. The van der Waals surface area contributed by atoms with Crippen molar-refractivity contribution in [2.75, 3.05) is 31.6 Å². The van der Waals surface area contributed by atoms with Gasteiger partial charge in [-0.15, -0.1) is 0 Å². The van der Waals surface area contributed by atoms with E-state index in [9.17, 15) is 0 Å². The van der Waals surface area contributed by atoms with E-state index in [0.717, 1.165) is 19.6 Å². The first kappa shape index (κ1) is 13.9. The van der Waals surface area contributed by atoms with Gasteiger partial charge in [-0.3, -0.25) is 0 Å². The predicted molar refractivity (Wildman–Crippen MR) is 83.2 cm³/mol. The number of hydrogen-bond acceptors (Lipinski definition) is 3. The Labute approximate surface area is 122 Å². The van der Waals surface area contributed by atoms with Crippen LogP contribution >= 0.6 is 0 Å². The van der Waals surface area contributed by atoms with Gasteiger partial charge >= 0.3 is 0 Å². The van der Waals surface area contributed by atoms with Gasteiger partial charge in [-0.25, -0.2) is 0 Å². The van der Waals surface area contributed by atoms with Gasteiger partial charge in [0.2, 0.25) is 0 Å². The monoisotopic (exact) mass is 274 g/mol. The number of nitrogens with one attached hydrogen (secondary N) is 1. The van der Waals surface area contributed by atoms with Gasteiger partial charge in [-0.1, -0.05) is 31.4 Å². The lowest BCUT2D eigenvalue weighted by Gasteiger charge is -2.47. The lowest BCUT2D eigenvalue weighted by molar-refractivity contribution is 0.185. The van der Waals surface area contributed by atoms with Crippen molar-refractivity contribution in [2.24, 2.45) is 0 Å². The lowest BCUT2D eigenvalue weighted by atomic mass is 9.80. The second kappa shape index (κ2) is 6.15. The van der Waals surface area contributed by atoms with Crippen LogP contribution in [-0.4, -0.2) is 32.3 Å². The molecule has 1 aromatic carbocycles. The Morgan fingerprint density at radius 2 is 2.10 bits per heavy atom. The first-order valence-electron chi connectivity index (χ1n) is 7.89. The minimum atomic E-state index is 0.369. The smallest absolute Gasteiger partial charge is 0.0713 e. The molecule has 0 unspecified atom stereocenters. The van der Waals surface area contributed by atoms with Gasteiger partial charge in [-0.05, 0) is 30.5 Å². The zero-order chi connectivity index (χ0) is 13.8. The Morgan fingerprint density at radius 1 is 1.25 bits per heavy atom. The normalized spacial score (nSPS) is 22.1. The van der Waals surface area contributed by atoms with Gasteiger partial charge in [-0.2, -0.15) is 0 Å². The van der Waals surface area contributed by atoms with E-state index in [0.29, 0.717) is 12.1 Å². The maximum absolute atomic E-state index is 5.25. The third-order valence-electron chi connectivity index (χ3n) is 4.77. The topological polar surface area (TPSA) is 24.5 Å². The Balaban J connectivity index is 1.74. The van der Waals surface area contributed by atoms with Crippen molar-refractivity contribution < 1.29 is 4.74 Å². The molecular weight excluding hydrogens is 248 g/mol. The van der Waals surface area contributed by atoms with Gasteiger partial charge in [0, 0.05) is 38.0 Å². The lowest BCUT2D eigenvalue weighted by Crippen LogP contribution is -2.61. The fourth-order valence-electron chi connectivity index (χ4n) is 3.75. The van der Waals surface area contributed by atoms with Crippen LogP contribution in [0.4, 0.5) is 5.69 Å². The van der Waals surface area contributed by atoms with Crippen molar-refractivity contribution in [3.63, 3.8) is 0 Å². The van der Waals surface area contributed by atoms with E-state index in [4.69, 9.17) is 4.74 Å². The second-order valence-electron chi connectivity index (χ2n) is 6.29. The average Bonchev–Trinajstić information content (AvgIpc) is 2.49. The summed E-state index contributed by atoms with van der Waals surface area (Å²) >= 11 is 0. The van der Waals surface area contributed by atoms with E-state index in [1.165, 1.54) is 43.4 Å². The van der Waals surface area contributed by atoms with Crippen LogP contribution in [0.1, 0.15) is 37.7 Å². The largest absolute Gasteiger partial charge is 0.380 e. The summed E-state index contributed by atoms with van der Waals surface area (Å²) in [7, 11) is 1.76. The highest BCUT2D eigenvalue weighted by atomic mass is 16.5. The molecule has 1 spiro atoms. The minimum Gasteiger partial charge on any atom is -0.380 e. The molecule has 0 atom stereocenters. The number of rotatable bonds is 3. The molecule has 20 heavy (non-hydrogen) atoms. The molecule has 1 aliphatic heterocycles. The number of anilines is 1. The third kappa shape index (κ3) is 2.99. The number of ether oxygens (including phenoxy) is 1. The highest BCUT2D eigenvalue weighted by molar-refractivity contribution is 5.49. The highest BCUT2D eigenvalue weighted by Crippen LogP contribution is 2.32. The van der Waals surface area contributed by atoms with Crippen molar-refractivity contribution in [1.82, 2.24) is 5.32 Å². The van der Waals surface area contributed by atoms with Crippen LogP contribution in [-0.2, 0) is 11.3 Å². The highest BCUT2D eigenvalue weighted by Gasteiger charge is 2.36. The third-order valence-corrected chi connectivity index (χ3v) is 4.77. The maximum Gasteiger partial charge on any atom is 0.0713 e. The van der Waals surface area contributed by atoms with E-state index in [1.54, 1.807) is 7.11 Å². The van der Waals surface area contributed by atoms with Gasteiger partial charge in [0.25, 0.3) is 0 Å². The molecule has 3 nitrogen and oxygen atoms in total. The number of benzene rings is 1. The van der Waals surface area contributed by atoms with Crippen molar-refractivity contribution in [1.29, 1.82) is 0 Å². The van der Waals surface area contributed by atoms with Gasteiger partial charge < -0.3 is 15.0 Å². The van der Waals surface area contributed by atoms with Gasteiger partial charge in [0.05, 0.1) is 6.61 Å². The molecule has 3 heteroatoms. The average molecular weight is 274 g/mol. The summed E-state index contributed by atoms with van der Waals surface area (Å²) in [6.07, 6.45) is 6.84. The van der Waals surface area contributed by atoms with Crippen molar-refractivity contribution in [2.45, 2.75) is 44.2 Å². The van der Waals surface area contributed by atoms with Crippen molar-refractivity contribution in [3.8, 4) is 0 Å². The zero-order valence-corrected chi connectivity index (χ0v) is 12.5. The first-order valence-corrected chi connectivity index (χ1v) is 7.89. The molecule has 0 radical (unpaired) electrons. The molecule has 0 bridgehead atoms. The molecule has 0 amide bonds. The fourth-order valence-corrected chi connectivity index (χ4v) is 3.75. The molecule has 2 aliphatic rings. The standard InChI is InChI=1S/C17H26N2O/c1-20-13-15-6-5-7-16(12-15)19-11-10-18-17(14-19)8-3-2-4-9-17/h5-7,12,18H,2-4,8-11,13-14H2,1H3. The van der Waals surface area contributed by atoms with E-state index in [-0.39, 0.29) is 0 Å². The molecule has 1 saturated carbocycles. The Bertz CT molecular complexity index is 435. The Morgan fingerprint density at radius 3 is 2.90 bits per heavy atom. The summed E-state index contributed by atoms with van der Waals surface area (Å²) in [5.41, 5.74) is 2.99. The summed E-state index contributed by atoms with van der Waals surface area (Å²) in [5.74, 6) is 0. The number of hydrogen-bond donors (Lipinski definition) is 1. The van der Waals surface area contributed by atoms with E-state index >= 15 is 0 Å². The van der Waals surface area contributed by atoms with Crippen LogP contribution in [0.2, 0.25) is 0 Å². The summed E-state index contributed by atoms with van der Waals surface area (Å²) in [6, 6.07) is 8.82. The Kier molecular flexibility index (Phi) is 4.27. The fraction of sp³-hybridized carbons (Fsp3) is 0.647. The number of nitrogens with zero attached hydrogens (tertiary/aromatic N) is 1. The molecule has 1 N–H and O–H groups in total. The zero-order valence-electron chi connectivity index (χ0n) is 12.5. The SMILES string of the molecule is COCc1cccc(N2CCNC3(CCCCC3)C2)c1. The van der Waals surface area contributed by atoms with Crippen LogP contribution in [0, 0.1) is 0 Å². The van der Waals surface area contributed by atoms with Crippen molar-refractivity contribution >= 4 is 5.69 Å². The predicted octanol–water partition coefficient (Wildman–Crippen LogP) is 2.95. The summed E-state index contributed by atoms with van der Waals surface area (Å²) in [4.78, 5) is 2.56. The number of piperazine rings is 1. The van der Waals surface area contributed by atoms with Crippen LogP contribution in [0.15, 0.2) is 24.3 Å². The molecule has 1 heterocycles. The molecule has 2 fully saturated rings. The second-order valence-corrected chi connectivity index (χ2v) is 6.29. The minimum absolute atomic E-state index is 0.369. The van der Waals surface area contributed by atoms with Crippen LogP contribution in [0.5, 0.6) is 0 Å². The van der Waals surface area contributed by atoms with Gasteiger partial charge in [0.1, 0.15) is 0 Å². The quantitative estimate of drug-likeness (QED) is 0.917. The van der Waals surface area contributed by atoms with Crippen LogP contribution in [0.25, 0.3) is 0 Å². The summed E-state index contributed by atoms with van der Waals surface area (Å²) in [6.45, 7) is 4.07. The van der Waals surface area contributed by atoms with Gasteiger partial charge in [0.15, 0.2) is 0 Å². The molecule has 1 saturated heterocycles. The first-order chi connectivity index (χ1) is 9.81. The van der Waals surface area contributed by atoms with Crippen LogP contribution in [0.3, 0.4) is 0 Å². The summed E-state index contributed by atoms with van der Waals surface area (Å²) < 4.78 is 5.25. The Hall–Kier alpha value is -1.06. The molecule has 1 aliphatic carbocycles. The van der Waals surface area contributed by atoms with E-state index in [2.05, 4.69) is 34.5 Å². The molecular formula is C17H26N2O. The van der Waals surface area contributed by atoms with Crippen LogP contribution < -0.4 is 10.2 Å².